The number of nitrogens with zero attached hydrogens (tertiary/aromatic N) is 1. The fourth-order valence-corrected chi connectivity index (χ4v) is 1.71. The third-order valence-corrected chi connectivity index (χ3v) is 2.82. The first-order chi connectivity index (χ1) is 8.54. The molecule has 2 N–H and O–H groups in total. The number of hydrogen-bond acceptors (Lipinski definition) is 4. The predicted octanol–water partition coefficient (Wildman–Crippen LogP) is 1.16. The number of aromatic nitrogens is 1. The van der Waals surface area contributed by atoms with Gasteiger partial charge < -0.3 is 10.4 Å². The van der Waals surface area contributed by atoms with Crippen molar-refractivity contribution < 1.29 is 19.1 Å². The van der Waals surface area contributed by atoms with Crippen molar-refractivity contribution >= 4 is 23.6 Å². The normalized spacial score (nSPS) is 11.9. The van der Waals surface area contributed by atoms with Crippen molar-refractivity contribution in [3.8, 4) is 0 Å². The number of aliphatic carboxylic acids is 1. The molecule has 1 unspecified atom stereocenters. The third kappa shape index (κ3) is 4.33. The Hall–Kier alpha value is -1.63. The lowest BCUT2D eigenvalue weighted by Gasteiger charge is -2.13. The molecule has 98 valence electrons. The first-order valence-corrected chi connectivity index (χ1v) is 6.58. The summed E-state index contributed by atoms with van der Waals surface area (Å²) in [6.45, 7) is 0. The maximum Gasteiger partial charge on any atom is 0.326 e. The van der Waals surface area contributed by atoms with Crippen LogP contribution in [0.3, 0.4) is 0 Å². The van der Waals surface area contributed by atoms with Crippen LogP contribution in [0.4, 0.5) is 4.39 Å². The molecule has 0 bridgehead atoms. The highest BCUT2D eigenvalue weighted by atomic mass is 32.2. The molecule has 1 aromatic rings. The summed E-state index contributed by atoms with van der Waals surface area (Å²) in [6.07, 6.45) is 3.08. The molecule has 18 heavy (non-hydrogen) atoms. The van der Waals surface area contributed by atoms with Crippen LogP contribution < -0.4 is 5.32 Å². The molecular weight excluding hydrogens is 259 g/mol. The third-order valence-electron chi connectivity index (χ3n) is 2.17. The van der Waals surface area contributed by atoms with Gasteiger partial charge in [-0.2, -0.15) is 11.8 Å². The molecule has 0 fully saturated rings. The Morgan fingerprint density at radius 3 is 2.78 bits per heavy atom. The lowest BCUT2D eigenvalue weighted by Crippen LogP contribution is -2.41. The van der Waals surface area contributed by atoms with Crippen LogP contribution in [0.25, 0.3) is 0 Å². The molecule has 1 atom stereocenters. The van der Waals surface area contributed by atoms with Crippen molar-refractivity contribution in [2.24, 2.45) is 0 Å². The zero-order chi connectivity index (χ0) is 13.5. The molecule has 0 aliphatic heterocycles. The van der Waals surface area contributed by atoms with Gasteiger partial charge in [-0.05, 0) is 30.6 Å². The van der Waals surface area contributed by atoms with Crippen molar-refractivity contribution in [3.63, 3.8) is 0 Å². The van der Waals surface area contributed by atoms with Gasteiger partial charge in [-0.15, -0.1) is 0 Å². The van der Waals surface area contributed by atoms with Crippen molar-refractivity contribution in [1.82, 2.24) is 10.3 Å². The molecule has 7 heteroatoms. The Kier molecular flexibility index (Phi) is 5.57. The smallest absolute Gasteiger partial charge is 0.326 e. The highest BCUT2D eigenvalue weighted by Gasteiger charge is 2.20. The Balaban J connectivity index is 2.66. The quantitative estimate of drug-likeness (QED) is 0.812. The monoisotopic (exact) mass is 272 g/mol. The summed E-state index contributed by atoms with van der Waals surface area (Å²) in [5.41, 5.74) is -0.00759. The first-order valence-electron chi connectivity index (χ1n) is 5.18. The van der Waals surface area contributed by atoms with Gasteiger partial charge in [0.15, 0.2) is 0 Å². The van der Waals surface area contributed by atoms with Crippen molar-refractivity contribution in [2.45, 2.75) is 12.5 Å². The average molecular weight is 272 g/mol. The molecule has 5 nitrogen and oxygen atoms in total. The Morgan fingerprint density at radius 2 is 2.28 bits per heavy atom. The van der Waals surface area contributed by atoms with E-state index < -0.39 is 23.7 Å². The van der Waals surface area contributed by atoms with Crippen LogP contribution in [0.5, 0.6) is 0 Å². The minimum Gasteiger partial charge on any atom is -0.480 e. The van der Waals surface area contributed by atoms with Crippen LogP contribution in [0.2, 0.25) is 0 Å². The second-order valence-electron chi connectivity index (χ2n) is 3.51. The Morgan fingerprint density at radius 1 is 1.56 bits per heavy atom. The Bertz CT molecular complexity index is 425. The molecule has 1 rings (SSSR count). The van der Waals surface area contributed by atoms with Gasteiger partial charge >= 0.3 is 5.97 Å². The lowest BCUT2D eigenvalue weighted by molar-refractivity contribution is -0.139. The van der Waals surface area contributed by atoms with E-state index in [2.05, 4.69) is 10.3 Å². The van der Waals surface area contributed by atoms with E-state index in [1.54, 1.807) is 0 Å². The molecule has 0 aliphatic carbocycles. The van der Waals surface area contributed by atoms with Crippen LogP contribution in [0.15, 0.2) is 18.3 Å². The van der Waals surface area contributed by atoms with Gasteiger partial charge in [0.2, 0.25) is 0 Å². The second-order valence-corrected chi connectivity index (χ2v) is 4.49. The molecule has 1 amide bonds. The predicted molar refractivity (Wildman–Crippen MR) is 66.1 cm³/mol. The van der Waals surface area contributed by atoms with E-state index in [4.69, 9.17) is 5.11 Å². The van der Waals surface area contributed by atoms with E-state index in [0.717, 1.165) is 12.3 Å². The van der Waals surface area contributed by atoms with Gasteiger partial charge in [0.1, 0.15) is 17.6 Å². The second kappa shape index (κ2) is 6.95. The number of carboxylic acid groups (broad SMARTS) is 1. The van der Waals surface area contributed by atoms with Crippen molar-refractivity contribution in [1.29, 1.82) is 0 Å². The van der Waals surface area contributed by atoms with Gasteiger partial charge in [-0.1, -0.05) is 0 Å². The van der Waals surface area contributed by atoms with Crippen LogP contribution in [-0.2, 0) is 4.79 Å². The molecule has 0 spiro atoms. The molecule has 1 aromatic heterocycles. The number of nitrogens with one attached hydrogen (secondary N) is 1. The number of amides is 1. The minimum absolute atomic E-state index is 0.00759. The summed E-state index contributed by atoms with van der Waals surface area (Å²) in [5.74, 6) is -1.65. The molecule has 0 radical (unpaired) electrons. The number of rotatable bonds is 6. The van der Waals surface area contributed by atoms with Gasteiger partial charge in [-0.3, -0.25) is 4.79 Å². The van der Waals surface area contributed by atoms with Crippen LogP contribution in [0, 0.1) is 5.82 Å². The summed E-state index contributed by atoms with van der Waals surface area (Å²) >= 11 is 1.49. The fraction of sp³-hybridized carbons (Fsp3) is 0.364. The summed E-state index contributed by atoms with van der Waals surface area (Å²) in [7, 11) is 0. The molecule has 1 heterocycles. The minimum atomic E-state index is -1.10. The zero-order valence-corrected chi connectivity index (χ0v) is 10.5. The van der Waals surface area contributed by atoms with Gasteiger partial charge in [0.05, 0.1) is 6.20 Å². The largest absolute Gasteiger partial charge is 0.480 e. The maximum atomic E-state index is 12.6. The number of carbonyl (C=O) groups excluding carboxylic acids is 1. The topological polar surface area (TPSA) is 79.3 Å². The maximum absolute atomic E-state index is 12.6. The fourth-order valence-electron chi connectivity index (χ4n) is 1.24. The highest BCUT2D eigenvalue weighted by Crippen LogP contribution is 2.03. The number of halogens is 1. The number of pyridine rings is 1. The van der Waals surface area contributed by atoms with E-state index in [1.165, 1.54) is 17.8 Å². The first kappa shape index (κ1) is 14.4. The average Bonchev–Trinajstić information content (AvgIpc) is 2.34. The Labute approximate surface area is 108 Å². The van der Waals surface area contributed by atoms with Crippen LogP contribution >= 0.6 is 11.8 Å². The number of thioether (sulfide) groups is 1. The summed E-state index contributed by atoms with van der Waals surface area (Å²) in [6, 6.07) is 1.34. The van der Waals surface area contributed by atoms with Gasteiger partial charge in [-0.25, -0.2) is 14.2 Å². The molecule has 0 saturated heterocycles. The van der Waals surface area contributed by atoms with E-state index in [1.807, 2.05) is 6.26 Å². The molecular formula is C11H13FN2O3S. The SMILES string of the molecule is CSCCC(NC(=O)c1ccc(F)cn1)C(=O)O. The van der Waals surface area contributed by atoms with Crippen LogP contribution in [0.1, 0.15) is 16.9 Å². The van der Waals surface area contributed by atoms with Gasteiger partial charge in [0.25, 0.3) is 5.91 Å². The summed E-state index contributed by atoms with van der Waals surface area (Å²) < 4.78 is 12.6. The standard InChI is InChI=1S/C11H13FN2O3S/c1-18-5-4-9(11(16)17)14-10(15)8-3-2-7(12)6-13-8/h2-3,6,9H,4-5H2,1H3,(H,14,15)(H,16,17). The van der Waals surface area contributed by atoms with E-state index in [-0.39, 0.29) is 5.69 Å². The molecule has 0 aliphatic rings. The number of hydrogen-bond donors (Lipinski definition) is 2. The zero-order valence-electron chi connectivity index (χ0n) is 9.72. The molecule has 0 aromatic carbocycles. The van der Waals surface area contributed by atoms with Crippen LogP contribution in [-0.4, -0.2) is 40.0 Å². The summed E-state index contributed by atoms with van der Waals surface area (Å²) in [5, 5.41) is 11.3. The van der Waals surface area contributed by atoms with Gasteiger partial charge in [0, 0.05) is 0 Å². The van der Waals surface area contributed by atoms with E-state index in [9.17, 15) is 14.0 Å². The van der Waals surface area contributed by atoms with E-state index >= 15 is 0 Å². The van der Waals surface area contributed by atoms with Crippen molar-refractivity contribution in [2.75, 3.05) is 12.0 Å². The summed E-state index contributed by atoms with van der Waals surface area (Å²) in [4.78, 5) is 26.2. The highest BCUT2D eigenvalue weighted by molar-refractivity contribution is 7.98. The molecule has 0 saturated carbocycles. The number of carboxylic acids is 1. The number of carbonyl (C=O) groups is 2. The van der Waals surface area contributed by atoms with E-state index in [0.29, 0.717) is 12.2 Å². The lowest BCUT2D eigenvalue weighted by atomic mass is 10.2. The van der Waals surface area contributed by atoms with Crippen molar-refractivity contribution in [3.05, 3.63) is 29.8 Å².